The van der Waals surface area contributed by atoms with Crippen molar-refractivity contribution in [1.29, 1.82) is 0 Å². The van der Waals surface area contributed by atoms with E-state index in [0.29, 0.717) is 0 Å². The average Bonchev–Trinajstić information content (AvgIpc) is 3.00. The molecule has 1 aliphatic rings. The Balaban J connectivity index is 1.42. The highest BCUT2D eigenvalue weighted by molar-refractivity contribution is 5.14. The van der Waals surface area contributed by atoms with Crippen LogP contribution in [0.4, 0.5) is 0 Å². The maximum Gasteiger partial charge on any atom is 0.0230 e. The summed E-state index contributed by atoms with van der Waals surface area (Å²) in [5, 5.41) is 3.58. The van der Waals surface area contributed by atoms with Crippen molar-refractivity contribution in [3.63, 3.8) is 0 Å². The standard InChI is InChI=1S/C18H31N3/c1-20(17-18-9-3-2-4-10-18)13-7-11-19-12-8-16-21-14-5-6-15-21/h2-4,9-10,19H,5-8,11-17H2,1H3. The lowest BCUT2D eigenvalue weighted by atomic mass is 10.2. The van der Waals surface area contributed by atoms with Crippen molar-refractivity contribution in [2.75, 3.05) is 46.3 Å². The third-order valence-electron chi connectivity index (χ3n) is 4.22. The second kappa shape index (κ2) is 9.93. The number of benzene rings is 1. The normalized spacial score (nSPS) is 15.9. The topological polar surface area (TPSA) is 18.5 Å². The smallest absolute Gasteiger partial charge is 0.0230 e. The number of nitrogens with one attached hydrogen (secondary N) is 1. The van der Waals surface area contributed by atoms with Crippen LogP contribution in [-0.2, 0) is 6.54 Å². The summed E-state index contributed by atoms with van der Waals surface area (Å²) in [6, 6.07) is 10.7. The molecule has 3 heteroatoms. The monoisotopic (exact) mass is 289 g/mol. The van der Waals surface area contributed by atoms with E-state index in [2.05, 4.69) is 52.5 Å². The molecule has 0 bridgehead atoms. The van der Waals surface area contributed by atoms with Crippen LogP contribution in [-0.4, -0.2) is 56.1 Å². The van der Waals surface area contributed by atoms with Crippen LogP contribution in [0.5, 0.6) is 0 Å². The van der Waals surface area contributed by atoms with Gasteiger partial charge in [-0.2, -0.15) is 0 Å². The lowest BCUT2D eigenvalue weighted by Crippen LogP contribution is -2.27. The Bertz CT molecular complexity index is 360. The zero-order valence-electron chi connectivity index (χ0n) is 13.6. The molecule has 118 valence electrons. The Morgan fingerprint density at radius 3 is 2.52 bits per heavy atom. The van der Waals surface area contributed by atoms with Crippen molar-refractivity contribution < 1.29 is 0 Å². The molecule has 0 unspecified atom stereocenters. The van der Waals surface area contributed by atoms with E-state index in [1.54, 1.807) is 0 Å². The van der Waals surface area contributed by atoms with E-state index in [1.165, 1.54) is 57.4 Å². The van der Waals surface area contributed by atoms with Crippen LogP contribution in [0.1, 0.15) is 31.2 Å². The molecule has 0 spiro atoms. The Hall–Kier alpha value is -0.900. The zero-order chi connectivity index (χ0) is 14.8. The number of rotatable bonds is 10. The Kier molecular flexibility index (Phi) is 7.79. The molecule has 1 N–H and O–H groups in total. The summed E-state index contributed by atoms with van der Waals surface area (Å²) >= 11 is 0. The van der Waals surface area contributed by atoms with E-state index >= 15 is 0 Å². The predicted octanol–water partition coefficient (Wildman–Crippen LogP) is 2.58. The van der Waals surface area contributed by atoms with Gasteiger partial charge in [-0.1, -0.05) is 30.3 Å². The highest BCUT2D eigenvalue weighted by Crippen LogP contribution is 2.07. The maximum atomic E-state index is 3.58. The first-order valence-corrected chi connectivity index (χ1v) is 8.50. The Morgan fingerprint density at radius 2 is 1.76 bits per heavy atom. The molecule has 0 atom stereocenters. The molecule has 1 aromatic rings. The third-order valence-corrected chi connectivity index (χ3v) is 4.22. The lowest BCUT2D eigenvalue weighted by molar-refractivity contribution is 0.314. The van der Waals surface area contributed by atoms with Crippen molar-refractivity contribution in [1.82, 2.24) is 15.1 Å². The second-order valence-corrected chi connectivity index (χ2v) is 6.23. The summed E-state index contributed by atoms with van der Waals surface area (Å²) in [5.41, 5.74) is 1.40. The van der Waals surface area contributed by atoms with Crippen LogP contribution in [0.25, 0.3) is 0 Å². The van der Waals surface area contributed by atoms with E-state index in [9.17, 15) is 0 Å². The zero-order valence-corrected chi connectivity index (χ0v) is 13.6. The third kappa shape index (κ3) is 7.07. The molecule has 1 fully saturated rings. The van der Waals surface area contributed by atoms with Crippen molar-refractivity contribution >= 4 is 0 Å². The Labute approximate surface area is 130 Å². The summed E-state index contributed by atoms with van der Waals surface area (Å²) in [6.07, 6.45) is 5.33. The van der Waals surface area contributed by atoms with Gasteiger partial charge >= 0.3 is 0 Å². The van der Waals surface area contributed by atoms with Crippen molar-refractivity contribution in [2.24, 2.45) is 0 Å². The van der Waals surface area contributed by atoms with E-state index in [0.717, 1.165) is 19.6 Å². The van der Waals surface area contributed by atoms with Gasteiger partial charge in [-0.05, 0) is 77.6 Å². The minimum absolute atomic E-state index is 1.05. The van der Waals surface area contributed by atoms with Crippen LogP contribution in [0.15, 0.2) is 30.3 Å². The highest BCUT2D eigenvalue weighted by atomic mass is 15.1. The number of hydrogen-bond donors (Lipinski definition) is 1. The van der Waals surface area contributed by atoms with Crippen LogP contribution < -0.4 is 5.32 Å². The van der Waals surface area contributed by atoms with Crippen LogP contribution in [0, 0.1) is 0 Å². The van der Waals surface area contributed by atoms with Crippen molar-refractivity contribution in [3.05, 3.63) is 35.9 Å². The minimum atomic E-state index is 1.05. The molecule has 0 saturated carbocycles. The van der Waals surface area contributed by atoms with E-state index < -0.39 is 0 Å². The average molecular weight is 289 g/mol. The first kappa shape index (κ1) is 16.5. The van der Waals surface area contributed by atoms with Crippen molar-refractivity contribution in [2.45, 2.75) is 32.2 Å². The summed E-state index contributed by atoms with van der Waals surface area (Å²) in [5.74, 6) is 0. The molecule has 0 amide bonds. The maximum absolute atomic E-state index is 3.58. The summed E-state index contributed by atoms with van der Waals surface area (Å²) in [4.78, 5) is 5.00. The molecule has 1 saturated heterocycles. The second-order valence-electron chi connectivity index (χ2n) is 6.23. The molecule has 0 aliphatic carbocycles. The molecule has 0 aromatic heterocycles. The number of likely N-dealkylation sites (tertiary alicyclic amines) is 1. The van der Waals surface area contributed by atoms with Gasteiger partial charge in [0, 0.05) is 6.54 Å². The van der Waals surface area contributed by atoms with Crippen molar-refractivity contribution in [3.8, 4) is 0 Å². The first-order valence-electron chi connectivity index (χ1n) is 8.50. The van der Waals surface area contributed by atoms with Gasteiger partial charge < -0.3 is 15.1 Å². The van der Waals surface area contributed by atoms with E-state index in [-0.39, 0.29) is 0 Å². The van der Waals surface area contributed by atoms with Gasteiger partial charge in [0.2, 0.25) is 0 Å². The van der Waals surface area contributed by atoms with Crippen LogP contribution >= 0.6 is 0 Å². The molecule has 2 rings (SSSR count). The molecular weight excluding hydrogens is 258 g/mol. The number of hydrogen-bond acceptors (Lipinski definition) is 3. The fourth-order valence-corrected chi connectivity index (χ4v) is 3.01. The van der Waals surface area contributed by atoms with E-state index in [4.69, 9.17) is 0 Å². The van der Waals surface area contributed by atoms with Gasteiger partial charge in [-0.25, -0.2) is 0 Å². The summed E-state index contributed by atoms with van der Waals surface area (Å²) in [6.45, 7) is 8.44. The van der Waals surface area contributed by atoms with Gasteiger partial charge in [0.05, 0.1) is 0 Å². The molecule has 1 heterocycles. The fourth-order valence-electron chi connectivity index (χ4n) is 3.01. The number of nitrogens with zero attached hydrogens (tertiary/aromatic N) is 2. The SMILES string of the molecule is CN(CCCNCCCN1CCCC1)Cc1ccccc1. The van der Waals surface area contributed by atoms with Gasteiger partial charge in [-0.3, -0.25) is 0 Å². The molecule has 1 aliphatic heterocycles. The van der Waals surface area contributed by atoms with Crippen LogP contribution in [0.2, 0.25) is 0 Å². The van der Waals surface area contributed by atoms with Gasteiger partial charge in [0.25, 0.3) is 0 Å². The molecular formula is C18H31N3. The van der Waals surface area contributed by atoms with E-state index in [1.807, 2.05) is 0 Å². The first-order chi connectivity index (χ1) is 10.3. The predicted molar refractivity (Wildman–Crippen MR) is 90.6 cm³/mol. The summed E-state index contributed by atoms with van der Waals surface area (Å²) < 4.78 is 0. The minimum Gasteiger partial charge on any atom is -0.317 e. The fraction of sp³-hybridized carbons (Fsp3) is 0.667. The quantitative estimate of drug-likeness (QED) is 0.668. The van der Waals surface area contributed by atoms with Gasteiger partial charge in [0.15, 0.2) is 0 Å². The van der Waals surface area contributed by atoms with Crippen LogP contribution in [0.3, 0.4) is 0 Å². The molecule has 0 radical (unpaired) electrons. The molecule has 3 nitrogen and oxygen atoms in total. The Morgan fingerprint density at radius 1 is 1.05 bits per heavy atom. The van der Waals surface area contributed by atoms with Gasteiger partial charge in [-0.15, -0.1) is 0 Å². The van der Waals surface area contributed by atoms with Gasteiger partial charge in [0.1, 0.15) is 0 Å². The molecule has 1 aromatic carbocycles. The summed E-state index contributed by atoms with van der Waals surface area (Å²) in [7, 11) is 2.21. The highest BCUT2D eigenvalue weighted by Gasteiger charge is 2.09. The largest absolute Gasteiger partial charge is 0.317 e. The lowest BCUT2D eigenvalue weighted by Gasteiger charge is -2.17. The molecule has 21 heavy (non-hydrogen) atoms.